The number of aryl methyl sites for hydroxylation is 1. The van der Waals surface area contributed by atoms with Crippen molar-refractivity contribution in [3.8, 4) is 5.75 Å². The minimum atomic E-state index is -0.328. The van der Waals surface area contributed by atoms with Crippen LogP contribution in [-0.2, 0) is 13.2 Å². The molecule has 21 heavy (non-hydrogen) atoms. The molecule has 3 nitrogen and oxygen atoms in total. The summed E-state index contributed by atoms with van der Waals surface area (Å²) in [6, 6.07) is 16.3. The van der Waals surface area contributed by atoms with Gasteiger partial charge in [0.25, 0.3) is 0 Å². The van der Waals surface area contributed by atoms with Gasteiger partial charge in [-0.05, 0) is 42.7 Å². The van der Waals surface area contributed by atoms with Crippen LogP contribution in [0.25, 0.3) is 0 Å². The predicted molar refractivity (Wildman–Crippen MR) is 85.3 cm³/mol. The van der Waals surface area contributed by atoms with E-state index in [-0.39, 0.29) is 6.10 Å². The van der Waals surface area contributed by atoms with Crippen LogP contribution in [0.3, 0.4) is 0 Å². The lowest BCUT2D eigenvalue weighted by atomic mass is 10.1. The Labute approximate surface area is 126 Å². The highest BCUT2D eigenvalue weighted by Crippen LogP contribution is 2.16. The topological polar surface area (TPSA) is 41.5 Å². The number of hydrogen-bond donors (Lipinski definition) is 2. The molecule has 2 aromatic carbocycles. The van der Waals surface area contributed by atoms with Crippen molar-refractivity contribution in [1.29, 1.82) is 0 Å². The molecule has 0 heterocycles. The van der Waals surface area contributed by atoms with Crippen LogP contribution in [-0.4, -0.2) is 17.8 Å². The Morgan fingerprint density at radius 3 is 2.71 bits per heavy atom. The number of benzene rings is 2. The zero-order valence-corrected chi connectivity index (χ0v) is 12.7. The van der Waals surface area contributed by atoms with E-state index in [1.807, 2.05) is 30.3 Å². The highest BCUT2D eigenvalue weighted by Gasteiger charge is 2.01. The Morgan fingerprint density at radius 1 is 1.14 bits per heavy atom. The fraction of sp³-hybridized carbons (Fsp3) is 0.333. The van der Waals surface area contributed by atoms with E-state index in [2.05, 4.69) is 30.4 Å². The summed E-state index contributed by atoms with van der Waals surface area (Å²) in [7, 11) is 0. The highest BCUT2D eigenvalue weighted by atomic mass is 16.5. The average Bonchev–Trinajstić information content (AvgIpc) is 2.46. The van der Waals surface area contributed by atoms with Crippen molar-refractivity contribution in [3.05, 3.63) is 65.2 Å². The van der Waals surface area contributed by atoms with Gasteiger partial charge in [-0.2, -0.15) is 0 Å². The second kappa shape index (κ2) is 7.81. The molecule has 0 radical (unpaired) electrons. The van der Waals surface area contributed by atoms with Crippen molar-refractivity contribution in [2.45, 2.75) is 33.1 Å². The Morgan fingerprint density at radius 2 is 1.95 bits per heavy atom. The average molecular weight is 285 g/mol. The molecule has 0 fully saturated rings. The molecule has 0 saturated heterocycles. The maximum absolute atomic E-state index is 9.23. The lowest BCUT2D eigenvalue weighted by Crippen LogP contribution is -2.23. The monoisotopic (exact) mass is 285 g/mol. The summed E-state index contributed by atoms with van der Waals surface area (Å²) in [4.78, 5) is 0. The normalized spacial score (nSPS) is 12.1. The summed E-state index contributed by atoms with van der Waals surface area (Å²) in [6.07, 6.45) is -0.328. The molecule has 0 aromatic heterocycles. The molecule has 0 aliphatic heterocycles. The minimum absolute atomic E-state index is 0.328. The van der Waals surface area contributed by atoms with Crippen LogP contribution in [0.1, 0.15) is 23.6 Å². The van der Waals surface area contributed by atoms with E-state index in [0.717, 1.165) is 17.9 Å². The Bertz CT molecular complexity index is 567. The van der Waals surface area contributed by atoms with E-state index in [1.165, 1.54) is 11.1 Å². The number of rotatable bonds is 7. The first-order valence-electron chi connectivity index (χ1n) is 7.30. The van der Waals surface area contributed by atoms with Gasteiger partial charge in [0.05, 0.1) is 6.10 Å². The first-order valence-corrected chi connectivity index (χ1v) is 7.30. The maximum atomic E-state index is 9.23. The second-order valence-electron chi connectivity index (χ2n) is 5.34. The molecule has 112 valence electrons. The lowest BCUT2D eigenvalue weighted by Gasteiger charge is -2.11. The molecule has 0 aliphatic rings. The number of nitrogens with one attached hydrogen (secondary N) is 1. The maximum Gasteiger partial charge on any atom is 0.120 e. The number of aliphatic hydroxyl groups is 1. The van der Waals surface area contributed by atoms with Crippen LogP contribution < -0.4 is 10.1 Å². The van der Waals surface area contributed by atoms with Gasteiger partial charge in [0.1, 0.15) is 12.4 Å². The van der Waals surface area contributed by atoms with Crippen LogP contribution in [0.15, 0.2) is 48.5 Å². The van der Waals surface area contributed by atoms with Crippen molar-refractivity contribution < 1.29 is 9.84 Å². The van der Waals surface area contributed by atoms with Gasteiger partial charge >= 0.3 is 0 Å². The predicted octanol–water partition coefficient (Wildman–Crippen LogP) is 3.04. The van der Waals surface area contributed by atoms with E-state index in [9.17, 15) is 5.11 Å². The van der Waals surface area contributed by atoms with Gasteiger partial charge in [-0.3, -0.25) is 0 Å². The lowest BCUT2D eigenvalue weighted by molar-refractivity contribution is 0.191. The van der Waals surface area contributed by atoms with Gasteiger partial charge in [-0.15, -0.1) is 0 Å². The largest absolute Gasteiger partial charge is 0.489 e. The Balaban J connectivity index is 1.90. The molecule has 2 rings (SSSR count). The first-order chi connectivity index (χ1) is 10.1. The molecule has 2 N–H and O–H groups in total. The molecule has 3 heteroatoms. The third-order valence-corrected chi connectivity index (χ3v) is 3.32. The van der Waals surface area contributed by atoms with Gasteiger partial charge in [-0.1, -0.05) is 36.4 Å². The summed E-state index contributed by atoms with van der Waals surface area (Å²) in [6.45, 7) is 5.77. The smallest absolute Gasteiger partial charge is 0.120 e. The minimum Gasteiger partial charge on any atom is -0.489 e. The van der Waals surface area contributed by atoms with Crippen LogP contribution in [0.5, 0.6) is 5.75 Å². The zero-order valence-electron chi connectivity index (χ0n) is 12.7. The summed E-state index contributed by atoms with van der Waals surface area (Å²) < 4.78 is 5.86. The van der Waals surface area contributed by atoms with Crippen LogP contribution in [0.4, 0.5) is 0 Å². The van der Waals surface area contributed by atoms with Crippen LogP contribution in [0, 0.1) is 6.92 Å². The SMILES string of the molecule is Cc1ccccc1COc1cccc(CNC[C@H](C)O)c1. The standard InChI is InChI=1S/C18H23NO2/c1-14-6-3-4-8-17(14)13-21-18-9-5-7-16(10-18)12-19-11-15(2)20/h3-10,15,19-20H,11-13H2,1-2H3/t15-/m0/s1. The van der Waals surface area contributed by atoms with Crippen LogP contribution in [0.2, 0.25) is 0 Å². The molecule has 0 unspecified atom stereocenters. The van der Waals surface area contributed by atoms with Crippen molar-refractivity contribution in [3.63, 3.8) is 0 Å². The van der Waals surface area contributed by atoms with Gasteiger partial charge in [0.15, 0.2) is 0 Å². The van der Waals surface area contributed by atoms with Gasteiger partial charge in [-0.25, -0.2) is 0 Å². The third kappa shape index (κ3) is 5.21. The van der Waals surface area contributed by atoms with Crippen molar-refractivity contribution in [2.24, 2.45) is 0 Å². The quantitative estimate of drug-likeness (QED) is 0.821. The fourth-order valence-electron chi connectivity index (χ4n) is 2.10. The molecule has 0 saturated carbocycles. The van der Waals surface area contributed by atoms with Crippen molar-refractivity contribution >= 4 is 0 Å². The molecular weight excluding hydrogens is 262 g/mol. The summed E-state index contributed by atoms with van der Waals surface area (Å²) in [5.41, 5.74) is 3.60. The van der Waals surface area contributed by atoms with Gasteiger partial charge in [0, 0.05) is 13.1 Å². The molecule has 2 aromatic rings. The van der Waals surface area contributed by atoms with E-state index in [1.54, 1.807) is 6.92 Å². The van der Waals surface area contributed by atoms with E-state index < -0.39 is 0 Å². The van der Waals surface area contributed by atoms with Crippen LogP contribution >= 0.6 is 0 Å². The molecule has 0 aliphatic carbocycles. The molecule has 1 atom stereocenters. The third-order valence-electron chi connectivity index (χ3n) is 3.32. The fourth-order valence-corrected chi connectivity index (χ4v) is 2.10. The summed E-state index contributed by atoms with van der Waals surface area (Å²) >= 11 is 0. The van der Waals surface area contributed by atoms with Crippen molar-refractivity contribution in [1.82, 2.24) is 5.32 Å². The first kappa shape index (κ1) is 15.5. The van der Waals surface area contributed by atoms with Gasteiger partial charge < -0.3 is 15.2 Å². The molecule has 0 spiro atoms. The second-order valence-corrected chi connectivity index (χ2v) is 5.34. The summed E-state index contributed by atoms with van der Waals surface area (Å²) in [5, 5.41) is 12.4. The van der Waals surface area contributed by atoms with E-state index in [0.29, 0.717) is 13.2 Å². The van der Waals surface area contributed by atoms with E-state index >= 15 is 0 Å². The zero-order chi connectivity index (χ0) is 15.1. The molecule has 0 amide bonds. The Kier molecular flexibility index (Phi) is 5.78. The number of aliphatic hydroxyl groups excluding tert-OH is 1. The molecule has 0 bridgehead atoms. The number of hydrogen-bond acceptors (Lipinski definition) is 3. The number of ether oxygens (including phenoxy) is 1. The summed E-state index contributed by atoms with van der Waals surface area (Å²) in [5.74, 6) is 0.870. The molecular formula is C18H23NO2. The highest BCUT2D eigenvalue weighted by molar-refractivity contribution is 5.30. The van der Waals surface area contributed by atoms with Crippen molar-refractivity contribution in [2.75, 3.05) is 6.54 Å². The van der Waals surface area contributed by atoms with Gasteiger partial charge in [0.2, 0.25) is 0 Å². The Hall–Kier alpha value is -1.84. The van der Waals surface area contributed by atoms with E-state index in [4.69, 9.17) is 4.74 Å².